The fourth-order valence-corrected chi connectivity index (χ4v) is 2.18. The number of halogens is 4. The molecule has 0 spiro atoms. The molecule has 3 nitrogen and oxygen atoms in total. The molecule has 0 aliphatic carbocycles. The maximum Gasteiger partial charge on any atom is 0.416 e. The van der Waals surface area contributed by atoms with E-state index < -0.39 is 23.5 Å². The van der Waals surface area contributed by atoms with Gasteiger partial charge in [0.2, 0.25) is 5.90 Å². The smallest absolute Gasteiger partial charge is 0.402 e. The van der Waals surface area contributed by atoms with Crippen molar-refractivity contribution >= 4 is 17.9 Å². The Kier molecular flexibility index (Phi) is 3.92. The van der Waals surface area contributed by atoms with Gasteiger partial charge >= 0.3 is 12.1 Å². The molecule has 2 aromatic rings. The Bertz CT molecular complexity index is 869. The summed E-state index contributed by atoms with van der Waals surface area (Å²) in [5.41, 5.74) is -1.16. The van der Waals surface area contributed by atoms with Gasteiger partial charge in [-0.25, -0.2) is 14.2 Å². The van der Waals surface area contributed by atoms with Gasteiger partial charge in [-0.1, -0.05) is 24.3 Å². The van der Waals surface area contributed by atoms with Crippen molar-refractivity contribution in [2.75, 3.05) is 0 Å². The molecular weight excluding hydrogens is 326 g/mol. The predicted octanol–water partition coefficient (Wildman–Crippen LogP) is 4.19. The number of cyclic esters (lactones) is 1. The SMILES string of the molecule is O=C1OC(c2cccc(F)c2)=NC1=Cc1ccccc1C(F)(F)F. The maximum atomic E-state index is 13.2. The lowest BCUT2D eigenvalue weighted by atomic mass is 10.1. The predicted molar refractivity (Wildman–Crippen MR) is 78.5 cm³/mol. The summed E-state index contributed by atoms with van der Waals surface area (Å²) < 4.78 is 57.1. The van der Waals surface area contributed by atoms with E-state index in [0.717, 1.165) is 18.2 Å². The van der Waals surface area contributed by atoms with Crippen LogP contribution in [0.2, 0.25) is 0 Å². The molecule has 7 heteroatoms. The summed E-state index contributed by atoms with van der Waals surface area (Å²) in [7, 11) is 0. The third kappa shape index (κ3) is 3.19. The molecule has 0 radical (unpaired) electrons. The summed E-state index contributed by atoms with van der Waals surface area (Å²) in [5.74, 6) is -1.60. The number of hydrogen-bond acceptors (Lipinski definition) is 3. The van der Waals surface area contributed by atoms with Crippen LogP contribution >= 0.6 is 0 Å². The molecule has 1 aliphatic rings. The van der Waals surface area contributed by atoms with E-state index in [0.29, 0.717) is 0 Å². The summed E-state index contributed by atoms with van der Waals surface area (Å²) >= 11 is 0. The van der Waals surface area contributed by atoms with Gasteiger partial charge in [0.1, 0.15) is 5.82 Å². The molecule has 122 valence electrons. The zero-order valence-electron chi connectivity index (χ0n) is 12.0. The van der Waals surface area contributed by atoms with E-state index in [4.69, 9.17) is 4.74 Å². The zero-order chi connectivity index (χ0) is 17.3. The largest absolute Gasteiger partial charge is 0.416 e. The summed E-state index contributed by atoms with van der Waals surface area (Å²) in [6.45, 7) is 0. The normalized spacial score (nSPS) is 16.2. The van der Waals surface area contributed by atoms with Crippen LogP contribution in [0.3, 0.4) is 0 Å². The quantitative estimate of drug-likeness (QED) is 0.469. The Morgan fingerprint density at radius 2 is 1.79 bits per heavy atom. The van der Waals surface area contributed by atoms with Crippen LogP contribution in [0.4, 0.5) is 17.6 Å². The van der Waals surface area contributed by atoms with Crippen LogP contribution in [0.1, 0.15) is 16.7 Å². The Hall–Kier alpha value is -2.96. The number of hydrogen-bond donors (Lipinski definition) is 0. The van der Waals surface area contributed by atoms with Crippen LogP contribution in [0, 0.1) is 5.82 Å². The van der Waals surface area contributed by atoms with E-state index in [2.05, 4.69) is 4.99 Å². The van der Waals surface area contributed by atoms with Crippen LogP contribution in [-0.4, -0.2) is 11.9 Å². The van der Waals surface area contributed by atoms with E-state index >= 15 is 0 Å². The van der Waals surface area contributed by atoms with Crippen molar-refractivity contribution in [1.29, 1.82) is 0 Å². The number of aliphatic imine (C=N–C) groups is 1. The van der Waals surface area contributed by atoms with Gasteiger partial charge in [0, 0.05) is 5.56 Å². The second-order valence-electron chi connectivity index (χ2n) is 4.93. The standard InChI is InChI=1S/C17H9F4NO2/c18-12-6-3-5-11(8-12)15-22-14(16(23)24-15)9-10-4-1-2-7-13(10)17(19,20)21/h1-9H. The van der Waals surface area contributed by atoms with Crippen molar-refractivity contribution in [2.45, 2.75) is 6.18 Å². The average Bonchev–Trinajstić information content (AvgIpc) is 2.88. The van der Waals surface area contributed by atoms with Crippen molar-refractivity contribution in [2.24, 2.45) is 4.99 Å². The van der Waals surface area contributed by atoms with E-state index in [1.54, 1.807) is 0 Å². The first kappa shape index (κ1) is 15.9. The molecule has 1 aliphatic heterocycles. The molecule has 1 heterocycles. The van der Waals surface area contributed by atoms with Crippen LogP contribution < -0.4 is 0 Å². The minimum Gasteiger partial charge on any atom is -0.402 e. The van der Waals surface area contributed by atoms with E-state index in [-0.39, 0.29) is 22.7 Å². The lowest BCUT2D eigenvalue weighted by Gasteiger charge is -2.09. The fourth-order valence-electron chi connectivity index (χ4n) is 2.18. The molecule has 3 rings (SSSR count). The third-order valence-electron chi connectivity index (χ3n) is 3.25. The minimum absolute atomic E-state index is 0.157. The lowest BCUT2D eigenvalue weighted by Crippen LogP contribution is -2.08. The second-order valence-corrected chi connectivity index (χ2v) is 4.93. The Morgan fingerprint density at radius 1 is 1.04 bits per heavy atom. The lowest BCUT2D eigenvalue weighted by molar-refractivity contribution is -0.137. The Morgan fingerprint density at radius 3 is 2.50 bits per heavy atom. The van der Waals surface area contributed by atoms with Gasteiger partial charge < -0.3 is 4.74 Å². The highest BCUT2D eigenvalue weighted by atomic mass is 19.4. The highest BCUT2D eigenvalue weighted by Crippen LogP contribution is 2.33. The summed E-state index contributed by atoms with van der Waals surface area (Å²) in [5, 5.41) is 0. The third-order valence-corrected chi connectivity index (χ3v) is 3.25. The number of rotatable bonds is 2. The number of benzene rings is 2. The molecule has 0 bridgehead atoms. The van der Waals surface area contributed by atoms with Crippen molar-refractivity contribution in [3.05, 3.63) is 76.7 Å². The van der Waals surface area contributed by atoms with Gasteiger partial charge in [0.05, 0.1) is 5.56 Å². The topological polar surface area (TPSA) is 38.7 Å². The van der Waals surface area contributed by atoms with E-state index in [1.807, 2.05) is 0 Å². The average molecular weight is 335 g/mol. The van der Waals surface area contributed by atoms with E-state index in [9.17, 15) is 22.4 Å². The molecule has 0 amide bonds. The number of nitrogens with zero attached hydrogens (tertiary/aromatic N) is 1. The molecule has 2 aromatic carbocycles. The number of ether oxygens (including phenoxy) is 1. The molecular formula is C17H9F4NO2. The minimum atomic E-state index is -4.56. The molecule has 0 N–H and O–H groups in total. The number of carbonyl (C=O) groups excluding carboxylic acids is 1. The van der Waals surface area contributed by atoms with Gasteiger partial charge in [-0.05, 0) is 35.9 Å². The molecule has 0 saturated heterocycles. The van der Waals surface area contributed by atoms with Crippen LogP contribution in [-0.2, 0) is 15.7 Å². The van der Waals surface area contributed by atoms with Gasteiger partial charge in [0.25, 0.3) is 0 Å². The summed E-state index contributed by atoms with van der Waals surface area (Å²) in [6.07, 6.45) is -3.57. The van der Waals surface area contributed by atoms with Crippen molar-refractivity contribution < 1.29 is 27.1 Å². The number of esters is 1. The zero-order valence-corrected chi connectivity index (χ0v) is 12.0. The van der Waals surface area contributed by atoms with Crippen LogP contribution in [0.25, 0.3) is 6.08 Å². The van der Waals surface area contributed by atoms with Crippen LogP contribution in [0.5, 0.6) is 0 Å². The molecule has 0 fully saturated rings. The maximum absolute atomic E-state index is 13.2. The van der Waals surface area contributed by atoms with Crippen molar-refractivity contribution in [1.82, 2.24) is 0 Å². The second kappa shape index (κ2) is 5.92. The fraction of sp³-hybridized carbons (Fsp3) is 0.0588. The Balaban J connectivity index is 2.01. The van der Waals surface area contributed by atoms with Gasteiger partial charge in [-0.15, -0.1) is 0 Å². The number of carbonyl (C=O) groups is 1. The molecule has 0 atom stereocenters. The molecule has 24 heavy (non-hydrogen) atoms. The van der Waals surface area contributed by atoms with Gasteiger partial charge in [-0.3, -0.25) is 0 Å². The molecule has 0 aromatic heterocycles. The highest BCUT2D eigenvalue weighted by Gasteiger charge is 2.33. The van der Waals surface area contributed by atoms with Crippen molar-refractivity contribution in [3.63, 3.8) is 0 Å². The van der Waals surface area contributed by atoms with E-state index in [1.165, 1.54) is 36.4 Å². The first-order chi connectivity index (χ1) is 11.3. The summed E-state index contributed by atoms with van der Waals surface area (Å²) in [4.78, 5) is 15.7. The number of alkyl halides is 3. The molecule has 0 saturated carbocycles. The highest BCUT2D eigenvalue weighted by molar-refractivity contribution is 6.12. The van der Waals surface area contributed by atoms with Crippen LogP contribution in [0.15, 0.2) is 59.2 Å². The Labute approximate surface area is 133 Å². The monoisotopic (exact) mass is 335 g/mol. The van der Waals surface area contributed by atoms with Crippen molar-refractivity contribution in [3.8, 4) is 0 Å². The summed E-state index contributed by atoms with van der Waals surface area (Å²) in [6, 6.07) is 9.99. The first-order valence-corrected chi connectivity index (χ1v) is 6.79. The molecule has 0 unspecified atom stereocenters. The van der Waals surface area contributed by atoms with Gasteiger partial charge in [-0.2, -0.15) is 13.2 Å². The first-order valence-electron chi connectivity index (χ1n) is 6.79. The van der Waals surface area contributed by atoms with Gasteiger partial charge in [0.15, 0.2) is 5.70 Å².